The molecule has 1 aromatic heterocycles. The molecule has 0 saturated carbocycles. The lowest BCUT2D eigenvalue weighted by atomic mass is 10.3. The summed E-state index contributed by atoms with van der Waals surface area (Å²) in [5, 5.41) is 3.10. The Bertz CT molecular complexity index is 682. The zero-order valence-electron chi connectivity index (χ0n) is 12.0. The largest absolute Gasteiger partial charge is 0.497 e. The normalized spacial score (nSPS) is 11.8. The van der Waals surface area contributed by atoms with Gasteiger partial charge in [-0.05, 0) is 31.2 Å². The van der Waals surface area contributed by atoms with E-state index in [0.717, 1.165) is 10.6 Å². The number of amides is 1. The van der Waals surface area contributed by atoms with Crippen LogP contribution in [0.5, 0.6) is 5.75 Å². The minimum atomic E-state index is -0.319. The summed E-state index contributed by atoms with van der Waals surface area (Å²) < 4.78 is 5.17. The van der Waals surface area contributed by atoms with E-state index in [2.05, 4.69) is 10.3 Å². The lowest BCUT2D eigenvalue weighted by Gasteiger charge is -2.13. The number of nitrogens with one attached hydrogen (secondary N) is 1. The minimum Gasteiger partial charge on any atom is -0.497 e. The van der Waals surface area contributed by atoms with Crippen LogP contribution in [0.15, 0.2) is 41.4 Å². The summed E-state index contributed by atoms with van der Waals surface area (Å²) >= 11 is 13.2. The molecule has 7 heteroatoms. The van der Waals surface area contributed by atoms with Crippen LogP contribution in [0.2, 0.25) is 10.0 Å². The zero-order valence-corrected chi connectivity index (χ0v) is 14.3. The molecule has 0 bridgehead atoms. The van der Waals surface area contributed by atoms with Crippen molar-refractivity contribution in [3.8, 4) is 5.75 Å². The first-order chi connectivity index (χ1) is 10.5. The Morgan fingerprint density at radius 1 is 1.36 bits per heavy atom. The summed E-state index contributed by atoms with van der Waals surface area (Å²) in [6.45, 7) is 1.81. The lowest BCUT2D eigenvalue weighted by Crippen LogP contribution is -2.23. The van der Waals surface area contributed by atoms with Crippen LogP contribution >= 0.6 is 35.0 Å². The zero-order chi connectivity index (χ0) is 16.1. The monoisotopic (exact) mass is 356 g/mol. The smallest absolute Gasteiger partial charge is 0.238 e. The number of halogens is 2. The Morgan fingerprint density at radius 2 is 2.14 bits per heavy atom. The van der Waals surface area contributed by atoms with Crippen molar-refractivity contribution in [1.29, 1.82) is 0 Å². The molecule has 1 atom stereocenters. The molecule has 0 spiro atoms. The van der Waals surface area contributed by atoms with Crippen LogP contribution in [0.4, 0.5) is 5.82 Å². The van der Waals surface area contributed by atoms with Crippen molar-refractivity contribution in [3.63, 3.8) is 0 Å². The molecule has 2 rings (SSSR count). The van der Waals surface area contributed by atoms with Gasteiger partial charge >= 0.3 is 0 Å². The van der Waals surface area contributed by atoms with Crippen LogP contribution in [0, 0.1) is 0 Å². The third-order valence-corrected chi connectivity index (χ3v) is 4.36. The first-order valence-corrected chi connectivity index (χ1v) is 8.06. The fourth-order valence-electron chi connectivity index (χ4n) is 1.66. The number of thioether (sulfide) groups is 1. The van der Waals surface area contributed by atoms with Crippen molar-refractivity contribution in [2.75, 3.05) is 12.4 Å². The molecule has 0 aliphatic carbocycles. The second-order valence-electron chi connectivity index (χ2n) is 4.41. The molecule has 1 aromatic carbocycles. The number of ether oxygens (including phenoxy) is 1. The third kappa shape index (κ3) is 4.53. The van der Waals surface area contributed by atoms with Gasteiger partial charge in [-0.15, -0.1) is 11.8 Å². The van der Waals surface area contributed by atoms with Crippen molar-refractivity contribution in [3.05, 3.63) is 46.6 Å². The number of carbonyl (C=O) groups excluding carboxylic acids is 1. The molecule has 1 unspecified atom stereocenters. The van der Waals surface area contributed by atoms with Crippen LogP contribution < -0.4 is 10.1 Å². The van der Waals surface area contributed by atoms with Gasteiger partial charge in [0.2, 0.25) is 5.91 Å². The quantitative estimate of drug-likeness (QED) is 0.800. The molecule has 4 nitrogen and oxygen atoms in total. The number of carbonyl (C=O) groups is 1. The molecule has 22 heavy (non-hydrogen) atoms. The van der Waals surface area contributed by atoms with E-state index in [-0.39, 0.29) is 11.2 Å². The van der Waals surface area contributed by atoms with E-state index < -0.39 is 0 Å². The number of hydrogen-bond acceptors (Lipinski definition) is 4. The van der Waals surface area contributed by atoms with E-state index in [0.29, 0.717) is 15.9 Å². The lowest BCUT2D eigenvalue weighted by molar-refractivity contribution is -0.115. The van der Waals surface area contributed by atoms with Gasteiger partial charge < -0.3 is 10.1 Å². The molecule has 0 fully saturated rings. The summed E-state index contributed by atoms with van der Waals surface area (Å²) in [6.07, 6.45) is 1.43. The van der Waals surface area contributed by atoms with Gasteiger partial charge in [-0.3, -0.25) is 4.79 Å². The molecule has 0 radical (unpaired) electrons. The van der Waals surface area contributed by atoms with E-state index in [9.17, 15) is 4.79 Å². The van der Waals surface area contributed by atoms with Crippen LogP contribution in [0.1, 0.15) is 6.92 Å². The summed E-state index contributed by atoms with van der Waals surface area (Å²) in [6, 6.07) is 9.06. The maximum absolute atomic E-state index is 12.2. The maximum Gasteiger partial charge on any atom is 0.238 e. The predicted molar refractivity (Wildman–Crippen MR) is 91.2 cm³/mol. The van der Waals surface area contributed by atoms with Gasteiger partial charge in [-0.1, -0.05) is 29.3 Å². The number of nitrogens with zero attached hydrogens (tertiary/aromatic N) is 1. The Morgan fingerprint density at radius 3 is 2.82 bits per heavy atom. The molecule has 0 saturated heterocycles. The number of methoxy groups -OCH3 is 1. The molecular weight excluding hydrogens is 343 g/mol. The number of aromatic nitrogens is 1. The van der Waals surface area contributed by atoms with Gasteiger partial charge in [0, 0.05) is 11.1 Å². The predicted octanol–water partition coefficient (Wildman–Crippen LogP) is 4.52. The highest BCUT2D eigenvalue weighted by Crippen LogP contribution is 2.28. The fourth-order valence-corrected chi connectivity index (χ4v) is 3.00. The Hall–Kier alpha value is -1.43. The van der Waals surface area contributed by atoms with Crippen molar-refractivity contribution in [1.82, 2.24) is 4.98 Å². The number of hydrogen-bond donors (Lipinski definition) is 1. The van der Waals surface area contributed by atoms with Crippen molar-refractivity contribution in [2.45, 2.75) is 17.1 Å². The molecular formula is C15H14Cl2N2O2S. The van der Waals surface area contributed by atoms with Gasteiger partial charge in [-0.2, -0.15) is 0 Å². The summed E-state index contributed by atoms with van der Waals surface area (Å²) in [7, 11) is 1.61. The summed E-state index contributed by atoms with van der Waals surface area (Å²) in [4.78, 5) is 17.2. The number of anilines is 1. The average molecular weight is 357 g/mol. The number of pyridine rings is 1. The van der Waals surface area contributed by atoms with E-state index in [4.69, 9.17) is 27.9 Å². The molecule has 0 aliphatic heterocycles. The van der Waals surface area contributed by atoms with E-state index in [1.807, 2.05) is 31.2 Å². The van der Waals surface area contributed by atoms with Crippen molar-refractivity contribution in [2.24, 2.45) is 0 Å². The van der Waals surface area contributed by atoms with Gasteiger partial charge in [0.05, 0.1) is 22.4 Å². The molecule has 0 aliphatic rings. The highest BCUT2D eigenvalue weighted by Gasteiger charge is 2.16. The molecule has 1 N–H and O–H groups in total. The van der Waals surface area contributed by atoms with Crippen molar-refractivity contribution >= 4 is 46.7 Å². The van der Waals surface area contributed by atoms with Crippen LogP contribution in [0.25, 0.3) is 0 Å². The standard InChI is InChI=1S/C15H14Cl2N2O2S/c1-9(22-12-5-3-4-11(7-12)21-2)15(20)19-14-13(17)6-10(16)8-18-14/h3-9H,1-2H3,(H,18,19,20). The second-order valence-corrected chi connectivity index (χ2v) is 6.67. The number of rotatable bonds is 5. The minimum absolute atomic E-state index is 0.190. The molecule has 1 heterocycles. The highest BCUT2D eigenvalue weighted by molar-refractivity contribution is 8.00. The SMILES string of the molecule is COc1cccc(SC(C)C(=O)Nc2ncc(Cl)cc2Cl)c1. The Balaban J connectivity index is 2.02. The average Bonchev–Trinajstić information content (AvgIpc) is 2.50. The topological polar surface area (TPSA) is 51.2 Å². The van der Waals surface area contributed by atoms with Crippen LogP contribution in [0.3, 0.4) is 0 Å². The first kappa shape index (κ1) is 16.9. The third-order valence-electron chi connectivity index (χ3n) is 2.77. The van der Waals surface area contributed by atoms with Crippen LogP contribution in [-0.4, -0.2) is 23.3 Å². The van der Waals surface area contributed by atoms with Gasteiger partial charge in [0.25, 0.3) is 0 Å². The second kappa shape index (κ2) is 7.72. The Labute approximate surface area is 143 Å². The summed E-state index contributed by atoms with van der Waals surface area (Å²) in [5.74, 6) is 0.860. The maximum atomic E-state index is 12.2. The summed E-state index contributed by atoms with van der Waals surface area (Å²) in [5.41, 5.74) is 0. The fraction of sp³-hybridized carbons (Fsp3) is 0.200. The van der Waals surface area contributed by atoms with E-state index in [1.54, 1.807) is 7.11 Å². The van der Waals surface area contributed by atoms with E-state index >= 15 is 0 Å². The van der Waals surface area contributed by atoms with Gasteiger partial charge in [-0.25, -0.2) is 4.98 Å². The first-order valence-electron chi connectivity index (χ1n) is 6.42. The number of benzene rings is 1. The molecule has 2 aromatic rings. The van der Waals surface area contributed by atoms with E-state index in [1.165, 1.54) is 24.0 Å². The molecule has 116 valence electrons. The van der Waals surface area contributed by atoms with Gasteiger partial charge in [0.15, 0.2) is 5.82 Å². The van der Waals surface area contributed by atoms with Crippen molar-refractivity contribution < 1.29 is 9.53 Å². The van der Waals surface area contributed by atoms with Crippen LogP contribution in [-0.2, 0) is 4.79 Å². The molecule has 1 amide bonds. The highest BCUT2D eigenvalue weighted by atomic mass is 35.5. The van der Waals surface area contributed by atoms with Gasteiger partial charge in [0.1, 0.15) is 5.75 Å². The Kier molecular flexibility index (Phi) is 5.94.